The van der Waals surface area contributed by atoms with Crippen molar-refractivity contribution in [2.24, 2.45) is 0 Å². The zero-order valence-electron chi connectivity index (χ0n) is 9.49. The van der Waals surface area contributed by atoms with E-state index in [1.165, 1.54) is 16.0 Å². The van der Waals surface area contributed by atoms with Gasteiger partial charge in [-0.25, -0.2) is 9.48 Å². The van der Waals surface area contributed by atoms with Gasteiger partial charge in [0.2, 0.25) is 0 Å². The quantitative estimate of drug-likeness (QED) is 0.894. The standard InChI is InChI=1S/C10H12N4O2S/c1-3-10(2,9(15)16)14-8(11-12-13-14)7-4-5-17-6-7/h4-6H,3H2,1-2H3,(H,15,16). The monoisotopic (exact) mass is 252 g/mol. The molecule has 7 heteroatoms. The largest absolute Gasteiger partial charge is 0.479 e. The molecule has 2 aromatic heterocycles. The van der Waals surface area contributed by atoms with E-state index in [0.717, 1.165) is 5.56 Å². The smallest absolute Gasteiger partial charge is 0.331 e. The molecule has 6 nitrogen and oxygen atoms in total. The molecular weight excluding hydrogens is 240 g/mol. The Kier molecular flexibility index (Phi) is 2.93. The minimum absolute atomic E-state index is 0.407. The van der Waals surface area contributed by atoms with E-state index in [1.54, 1.807) is 13.8 Å². The first-order valence-corrected chi connectivity index (χ1v) is 6.08. The lowest BCUT2D eigenvalue weighted by molar-refractivity contribution is -0.147. The van der Waals surface area contributed by atoms with Crippen molar-refractivity contribution >= 4 is 17.3 Å². The van der Waals surface area contributed by atoms with Gasteiger partial charge in [0.15, 0.2) is 11.4 Å². The van der Waals surface area contributed by atoms with E-state index in [9.17, 15) is 9.90 Å². The Balaban J connectivity index is 2.54. The first-order valence-electron chi connectivity index (χ1n) is 5.14. The highest BCUT2D eigenvalue weighted by atomic mass is 32.1. The van der Waals surface area contributed by atoms with Crippen molar-refractivity contribution in [3.8, 4) is 11.4 Å². The fraction of sp³-hybridized carbons (Fsp3) is 0.400. The molecule has 0 amide bonds. The van der Waals surface area contributed by atoms with Gasteiger partial charge in [0.05, 0.1) is 0 Å². The first kappa shape index (κ1) is 11.7. The normalized spacial score (nSPS) is 14.5. The van der Waals surface area contributed by atoms with E-state index in [4.69, 9.17) is 0 Å². The summed E-state index contributed by atoms with van der Waals surface area (Å²) in [7, 11) is 0. The van der Waals surface area contributed by atoms with Gasteiger partial charge < -0.3 is 5.11 Å². The molecule has 1 unspecified atom stereocenters. The molecule has 2 heterocycles. The van der Waals surface area contributed by atoms with Crippen molar-refractivity contribution in [1.82, 2.24) is 20.2 Å². The molecule has 0 fully saturated rings. The van der Waals surface area contributed by atoms with Crippen LogP contribution in [0.4, 0.5) is 0 Å². The van der Waals surface area contributed by atoms with Crippen LogP contribution in [0.3, 0.4) is 0 Å². The number of carboxylic acids is 1. The summed E-state index contributed by atoms with van der Waals surface area (Å²) in [6.07, 6.45) is 0.407. The molecule has 0 spiro atoms. The number of aromatic nitrogens is 4. The third-order valence-electron chi connectivity index (χ3n) is 2.87. The Morgan fingerprint density at radius 1 is 1.65 bits per heavy atom. The zero-order valence-corrected chi connectivity index (χ0v) is 10.3. The van der Waals surface area contributed by atoms with Gasteiger partial charge in [-0.3, -0.25) is 0 Å². The minimum atomic E-state index is -1.12. The zero-order chi connectivity index (χ0) is 12.5. The molecule has 0 saturated heterocycles. The molecule has 90 valence electrons. The highest BCUT2D eigenvalue weighted by molar-refractivity contribution is 7.08. The summed E-state index contributed by atoms with van der Waals surface area (Å²) in [6, 6.07) is 1.87. The molecule has 0 aliphatic heterocycles. The highest BCUT2D eigenvalue weighted by Gasteiger charge is 2.37. The lowest BCUT2D eigenvalue weighted by atomic mass is 9.99. The maximum absolute atomic E-state index is 11.4. The van der Waals surface area contributed by atoms with Crippen LogP contribution in [0.1, 0.15) is 20.3 Å². The van der Waals surface area contributed by atoms with Gasteiger partial charge in [0.25, 0.3) is 0 Å². The Morgan fingerprint density at radius 3 is 2.94 bits per heavy atom. The van der Waals surface area contributed by atoms with Gasteiger partial charge in [-0.05, 0) is 35.2 Å². The summed E-state index contributed by atoms with van der Waals surface area (Å²) in [5.41, 5.74) is -0.290. The summed E-state index contributed by atoms with van der Waals surface area (Å²) in [5.74, 6) is -0.457. The highest BCUT2D eigenvalue weighted by Crippen LogP contribution is 2.27. The number of hydrogen-bond acceptors (Lipinski definition) is 5. The Bertz CT molecular complexity index is 522. The fourth-order valence-corrected chi connectivity index (χ4v) is 2.12. The van der Waals surface area contributed by atoms with Crippen molar-refractivity contribution in [3.63, 3.8) is 0 Å². The second kappa shape index (κ2) is 4.25. The lowest BCUT2D eigenvalue weighted by Gasteiger charge is -2.23. The fourth-order valence-electron chi connectivity index (χ4n) is 1.48. The molecular formula is C10H12N4O2S. The van der Waals surface area contributed by atoms with E-state index in [2.05, 4.69) is 15.5 Å². The molecule has 17 heavy (non-hydrogen) atoms. The number of rotatable bonds is 4. The van der Waals surface area contributed by atoms with Crippen molar-refractivity contribution in [2.45, 2.75) is 25.8 Å². The molecule has 1 atom stereocenters. The van der Waals surface area contributed by atoms with Crippen molar-refractivity contribution in [1.29, 1.82) is 0 Å². The van der Waals surface area contributed by atoms with Crippen LogP contribution in [-0.4, -0.2) is 31.3 Å². The topological polar surface area (TPSA) is 80.9 Å². The first-order chi connectivity index (χ1) is 8.09. The van der Waals surface area contributed by atoms with Gasteiger partial charge in [-0.1, -0.05) is 6.92 Å². The minimum Gasteiger partial charge on any atom is -0.479 e. The van der Waals surface area contributed by atoms with Gasteiger partial charge in [0.1, 0.15) is 0 Å². The maximum atomic E-state index is 11.4. The molecule has 0 bridgehead atoms. The van der Waals surface area contributed by atoms with E-state index >= 15 is 0 Å². The Hall–Kier alpha value is -1.76. The van der Waals surface area contributed by atoms with E-state index in [1.807, 2.05) is 16.8 Å². The van der Waals surface area contributed by atoms with Gasteiger partial charge >= 0.3 is 5.97 Å². The summed E-state index contributed by atoms with van der Waals surface area (Å²) < 4.78 is 1.37. The average molecular weight is 252 g/mol. The lowest BCUT2D eigenvalue weighted by Crippen LogP contribution is -2.39. The Morgan fingerprint density at radius 2 is 2.41 bits per heavy atom. The number of carboxylic acid groups (broad SMARTS) is 1. The number of hydrogen-bond donors (Lipinski definition) is 1. The van der Waals surface area contributed by atoms with E-state index < -0.39 is 11.5 Å². The van der Waals surface area contributed by atoms with E-state index in [0.29, 0.717) is 12.2 Å². The molecule has 1 N–H and O–H groups in total. The molecule has 0 radical (unpaired) electrons. The third-order valence-corrected chi connectivity index (χ3v) is 3.55. The molecule has 0 aliphatic rings. The van der Waals surface area contributed by atoms with Crippen LogP contribution < -0.4 is 0 Å². The van der Waals surface area contributed by atoms with Crippen molar-refractivity contribution in [2.75, 3.05) is 0 Å². The molecule has 0 saturated carbocycles. The summed E-state index contributed by atoms with van der Waals surface area (Å²) in [6.45, 7) is 3.41. The SMILES string of the molecule is CCC(C)(C(=O)O)n1nnnc1-c1ccsc1. The number of nitrogens with zero attached hydrogens (tertiary/aromatic N) is 4. The van der Waals surface area contributed by atoms with E-state index in [-0.39, 0.29) is 0 Å². The predicted octanol–water partition coefficient (Wildman–Crippen LogP) is 1.61. The number of aliphatic carboxylic acids is 1. The van der Waals surface area contributed by atoms with Crippen LogP contribution in [0, 0.1) is 0 Å². The second-order valence-corrected chi connectivity index (χ2v) is 4.64. The van der Waals surface area contributed by atoms with Gasteiger partial charge in [0, 0.05) is 10.9 Å². The maximum Gasteiger partial charge on any atom is 0.331 e. The molecule has 0 aliphatic carbocycles. The molecule has 2 rings (SSSR count). The number of thiophene rings is 1. The summed E-state index contributed by atoms with van der Waals surface area (Å²) >= 11 is 1.52. The Labute approximate surface area is 102 Å². The second-order valence-electron chi connectivity index (χ2n) is 3.86. The average Bonchev–Trinajstić information content (AvgIpc) is 2.97. The number of tetrazole rings is 1. The van der Waals surface area contributed by atoms with Crippen molar-refractivity contribution < 1.29 is 9.90 Å². The van der Waals surface area contributed by atoms with Crippen LogP contribution in [0.25, 0.3) is 11.4 Å². The predicted molar refractivity (Wildman–Crippen MR) is 62.7 cm³/mol. The van der Waals surface area contributed by atoms with Crippen molar-refractivity contribution in [3.05, 3.63) is 16.8 Å². The summed E-state index contributed by atoms with van der Waals surface area (Å²) in [5, 5.41) is 24.4. The molecule has 0 aromatic carbocycles. The van der Waals surface area contributed by atoms with Crippen LogP contribution in [0.15, 0.2) is 16.8 Å². The summed E-state index contributed by atoms with van der Waals surface area (Å²) in [4.78, 5) is 11.4. The number of carbonyl (C=O) groups is 1. The van der Waals surface area contributed by atoms with Gasteiger partial charge in [-0.15, -0.1) is 5.10 Å². The van der Waals surface area contributed by atoms with Crippen LogP contribution in [0.5, 0.6) is 0 Å². The van der Waals surface area contributed by atoms with Crippen LogP contribution in [0.2, 0.25) is 0 Å². The van der Waals surface area contributed by atoms with Gasteiger partial charge in [-0.2, -0.15) is 11.3 Å². The van der Waals surface area contributed by atoms with Crippen LogP contribution >= 0.6 is 11.3 Å². The third kappa shape index (κ3) is 1.82. The van der Waals surface area contributed by atoms with Crippen LogP contribution in [-0.2, 0) is 10.3 Å². The molecule has 2 aromatic rings.